The molecule has 7 heteroatoms. The molecule has 0 amide bonds. The lowest BCUT2D eigenvalue weighted by Crippen LogP contribution is -2.26. The monoisotopic (exact) mass is 640 g/mol. The standard InChI is InChI=1S/C36H22BrN2O3P/c37-23-20-21-27-30(22-23)39(29-15-9-19-34-36(29)26-13-5-7-17-32(26)42-34)43(40,24-10-2-1-3-11-24)38(27)28-14-8-18-33-35(28)25-12-4-6-16-31(25)41-33/h1-22H. The Hall–Kier alpha value is -4.77. The van der Waals surface area contributed by atoms with E-state index in [1.807, 2.05) is 125 Å². The van der Waals surface area contributed by atoms with Gasteiger partial charge in [-0.05, 0) is 66.7 Å². The summed E-state index contributed by atoms with van der Waals surface area (Å²) in [5.74, 6) is 0. The molecular formula is C36H22BrN2O3P. The van der Waals surface area contributed by atoms with E-state index in [-0.39, 0.29) is 0 Å². The summed E-state index contributed by atoms with van der Waals surface area (Å²) in [6.07, 6.45) is 0. The van der Waals surface area contributed by atoms with Crippen LogP contribution >= 0.6 is 23.4 Å². The Morgan fingerprint density at radius 2 is 1.00 bits per heavy atom. The van der Waals surface area contributed by atoms with Gasteiger partial charge in [0.25, 0.3) is 0 Å². The minimum absolute atomic E-state index is 0.719. The van der Waals surface area contributed by atoms with Gasteiger partial charge in [0.15, 0.2) is 0 Å². The molecule has 0 radical (unpaired) electrons. The topological polar surface area (TPSA) is 49.8 Å². The molecule has 0 N–H and O–H groups in total. The Morgan fingerprint density at radius 1 is 0.488 bits per heavy atom. The SMILES string of the molecule is O=P1(c2ccccc2)N(c2cccc3oc4ccccc4c23)c2ccc(Br)cc2N1c1cccc2oc3ccccc3c12. The van der Waals surface area contributed by atoms with E-state index in [1.165, 1.54) is 0 Å². The predicted octanol–water partition coefficient (Wildman–Crippen LogP) is 11.1. The van der Waals surface area contributed by atoms with Gasteiger partial charge in [0.2, 0.25) is 0 Å². The molecule has 0 spiro atoms. The van der Waals surface area contributed by atoms with Gasteiger partial charge in [-0.15, -0.1) is 0 Å². The normalized spacial score (nSPS) is 16.6. The van der Waals surface area contributed by atoms with Crippen molar-refractivity contribution in [2.75, 3.05) is 9.34 Å². The van der Waals surface area contributed by atoms with Gasteiger partial charge in [0, 0.05) is 15.2 Å². The van der Waals surface area contributed by atoms with Crippen LogP contribution in [0.2, 0.25) is 0 Å². The summed E-state index contributed by atoms with van der Waals surface area (Å²) in [6.45, 7) is 0. The third-order valence-corrected chi connectivity index (χ3v) is 11.7. The van der Waals surface area contributed by atoms with Crippen LogP contribution in [0.15, 0.2) is 147 Å². The fraction of sp³-hybridized carbons (Fsp3) is 0. The first-order chi connectivity index (χ1) is 21.1. The number of rotatable bonds is 3. The van der Waals surface area contributed by atoms with E-state index in [1.54, 1.807) is 0 Å². The summed E-state index contributed by atoms with van der Waals surface area (Å²) >= 11 is 3.71. The van der Waals surface area contributed by atoms with Gasteiger partial charge in [-0.2, -0.15) is 0 Å². The first-order valence-electron chi connectivity index (χ1n) is 14.0. The fourth-order valence-electron chi connectivity index (χ4n) is 6.50. The molecule has 206 valence electrons. The van der Waals surface area contributed by atoms with Crippen LogP contribution in [0.3, 0.4) is 0 Å². The summed E-state index contributed by atoms with van der Waals surface area (Å²) in [5, 5.41) is 4.53. The molecule has 0 aliphatic carbocycles. The Bertz CT molecular complexity index is 2430. The van der Waals surface area contributed by atoms with Crippen molar-refractivity contribution in [2.24, 2.45) is 0 Å². The first-order valence-corrected chi connectivity index (χ1v) is 16.4. The molecule has 2 aromatic heterocycles. The Morgan fingerprint density at radius 3 is 1.60 bits per heavy atom. The molecule has 1 atom stereocenters. The zero-order valence-corrected chi connectivity index (χ0v) is 25.1. The molecule has 0 fully saturated rings. The molecule has 1 unspecified atom stereocenters. The molecule has 8 aromatic rings. The number of para-hydroxylation sites is 2. The number of fused-ring (bicyclic) bond motifs is 7. The number of furan rings is 2. The van der Waals surface area contributed by atoms with E-state index in [0.717, 1.165) is 76.4 Å². The number of hydrogen-bond donors (Lipinski definition) is 0. The minimum atomic E-state index is -3.64. The van der Waals surface area contributed by atoms with Crippen LogP contribution in [0.25, 0.3) is 43.9 Å². The molecule has 1 aliphatic heterocycles. The van der Waals surface area contributed by atoms with E-state index in [0.29, 0.717) is 0 Å². The second-order valence-corrected chi connectivity index (χ2v) is 14.0. The van der Waals surface area contributed by atoms with E-state index in [4.69, 9.17) is 8.83 Å². The van der Waals surface area contributed by atoms with Gasteiger partial charge >= 0.3 is 7.44 Å². The number of nitrogens with zero attached hydrogens (tertiary/aromatic N) is 2. The van der Waals surface area contributed by atoms with Crippen molar-refractivity contribution in [3.63, 3.8) is 0 Å². The van der Waals surface area contributed by atoms with Crippen molar-refractivity contribution in [1.29, 1.82) is 0 Å². The smallest absolute Gasteiger partial charge is 0.301 e. The Kier molecular flexibility index (Phi) is 5.25. The number of benzene rings is 6. The highest BCUT2D eigenvalue weighted by atomic mass is 79.9. The fourth-order valence-corrected chi connectivity index (χ4v) is 9.88. The van der Waals surface area contributed by atoms with Crippen molar-refractivity contribution in [3.05, 3.63) is 138 Å². The number of hydrogen-bond acceptors (Lipinski definition) is 3. The first kappa shape index (κ1) is 24.8. The quantitative estimate of drug-likeness (QED) is 0.180. The second-order valence-electron chi connectivity index (χ2n) is 10.6. The van der Waals surface area contributed by atoms with Crippen molar-refractivity contribution in [1.82, 2.24) is 0 Å². The lowest BCUT2D eigenvalue weighted by Gasteiger charge is -2.33. The maximum atomic E-state index is 16.4. The average Bonchev–Trinajstić information content (AvgIpc) is 3.69. The Balaban J connectivity index is 1.43. The van der Waals surface area contributed by atoms with Gasteiger partial charge in [-0.3, -0.25) is 13.9 Å². The predicted molar refractivity (Wildman–Crippen MR) is 180 cm³/mol. The number of anilines is 4. The minimum Gasteiger partial charge on any atom is -0.456 e. The maximum Gasteiger partial charge on any atom is 0.301 e. The lowest BCUT2D eigenvalue weighted by atomic mass is 10.1. The number of halogens is 1. The highest BCUT2D eigenvalue weighted by Crippen LogP contribution is 2.71. The third-order valence-electron chi connectivity index (χ3n) is 8.25. The second kappa shape index (κ2) is 9.11. The van der Waals surface area contributed by atoms with E-state index in [2.05, 4.69) is 34.1 Å². The highest BCUT2D eigenvalue weighted by Gasteiger charge is 2.50. The zero-order valence-electron chi connectivity index (χ0n) is 22.6. The van der Waals surface area contributed by atoms with E-state index in [9.17, 15) is 0 Å². The molecule has 3 heterocycles. The summed E-state index contributed by atoms with van der Waals surface area (Å²) in [5.41, 5.74) is 6.41. The molecule has 0 saturated carbocycles. The average molecular weight is 641 g/mol. The lowest BCUT2D eigenvalue weighted by molar-refractivity contribution is 0.582. The van der Waals surface area contributed by atoms with Crippen molar-refractivity contribution in [2.45, 2.75) is 0 Å². The van der Waals surface area contributed by atoms with Crippen molar-refractivity contribution >= 4 is 95.3 Å². The highest BCUT2D eigenvalue weighted by molar-refractivity contribution is 9.10. The molecular weight excluding hydrogens is 619 g/mol. The van der Waals surface area contributed by atoms with Gasteiger partial charge in [0.05, 0.1) is 38.8 Å². The van der Waals surface area contributed by atoms with Gasteiger partial charge in [-0.1, -0.05) is 82.7 Å². The van der Waals surface area contributed by atoms with Crippen molar-refractivity contribution < 1.29 is 13.4 Å². The summed E-state index contributed by atoms with van der Waals surface area (Å²) in [6, 6.07) is 43.9. The van der Waals surface area contributed by atoms with Crippen molar-refractivity contribution in [3.8, 4) is 0 Å². The van der Waals surface area contributed by atoms with Gasteiger partial charge in [-0.25, -0.2) is 0 Å². The molecule has 0 bridgehead atoms. The van der Waals surface area contributed by atoms with Gasteiger partial charge < -0.3 is 8.83 Å². The van der Waals surface area contributed by atoms with Crippen LogP contribution in [-0.4, -0.2) is 0 Å². The molecule has 9 rings (SSSR count). The summed E-state index contributed by atoms with van der Waals surface area (Å²) < 4.78 is 34.0. The molecule has 0 saturated heterocycles. The van der Waals surface area contributed by atoms with Gasteiger partial charge in [0.1, 0.15) is 22.3 Å². The summed E-state index contributed by atoms with van der Waals surface area (Å²) in [4.78, 5) is 0. The largest absolute Gasteiger partial charge is 0.456 e. The van der Waals surface area contributed by atoms with Crippen LogP contribution in [-0.2, 0) is 4.57 Å². The Labute approximate surface area is 255 Å². The van der Waals surface area contributed by atoms with E-state index < -0.39 is 7.44 Å². The molecule has 5 nitrogen and oxygen atoms in total. The molecule has 1 aliphatic rings. The van der Waals surface area contributed by atoms with Crippen LogP contribution in [0.5, 0.6) is 0 Å². The van der Waals surface area contributed by atoms with Crippen LogP contribution in [0.1, 0.15) is 0 Å². The van der Waals surface area contributed by atoms with Crippen LogP contribution in [0.4, 0.5) is 22.7 Å². The van der Waals surface area contributed by atoms with Crippen LogP contribution < -0.4 is 14.6 Å². The maximum absolute atomic E-state index is 16.4. The molecule has 43 heavy (non-hydrogen) atoms. The molecule has 6 aromatic carbocycles. The van der Waals surface area contributed by atoms with Crippen LogP contribution in [0, 0.1) is 0 Å². The zero-order chi connectivity index (χ0) is 28.7. The summed E-state index contributed by atoms with van der Waals surface area (Å²) in [7, 11) is -3.64. The third kappa shape index (κ3) is 3.42. The van der Waals surface area contributed by atoms with E-state index >= 15 is 4.57 Å².